The van der Waals surface area contributed by atoms with E-state index < -0.39 is 5.54 Å². The van der Waals surface area contributed by atoms with E-state index in [-0.39, 0.29) is 5.91 Å². The normalized spacial score (nSPS) is 19.5. The molecule has 0 aromatic heterocycles. The molecule has 1 aromatic carbocycles. The molecule has 1 atom stereocenters. The van der Waals surface area contributed by atoms with E-state index in [1.54, 1.807) is 6.92 Å². The summed E-state index contributed by atoms with van der Waals surface area (Å²) >= 11 is 0. The summed E-state index contributed by atoms with van der Waals surface area (Å²) in [4.78, 5) is 12.3. The molecule has 1 aliphatic carbocycles. The van der Waals surface area contributed by atoms with Crippen molar-refractivity contribution < 1.29 is 4.79 Å². The molecular weight excluding hydrogens is 236 g/mol. The smallest absolute Gasteiger partial charge is 0.244 e. The molecule has 3 nitrogen and oxygen atoms in total. The number of nitrogens with two attached hydrogens (primary N) is 1. The SMILES string of the molecule is CCCC1(CNC(=O)C(C)(N)c2ccccc2)CC1. The maximum Gasteiger partial charge on any atom is 0.244 e. The molecule has 1 amide bonds. The van der Waals surface area contributed by atoms with Gasteiger partial charge in [-0.15, -0.1) is 0 Å². The highest BCUT2D eigenvalue weighted by molar-refractivity contribution is 5.87. The molecular formula is C16H24N2O. The van der Waals surface area contributed by atoms with Crippen molar-refractivity contribution in [2.45, 2.75) is 45.1 Å². The molecule has 19 heavy (non-hydrogen) atoms. The fraction of sp³-hybridized carbons (Fsp3) is 0.562. The first-order valence-corrected chi connectivity index (χ1v) is 7.13. The molecule has 0 bridgehead atoms. The number of benzene rings is 1. The van der Waals surface area contributed by atoms with Crippen molar-refractivity contribution in [2.75, 3.05) is 6.54 Å². The molecule has 1 fully saturated rings. The standard InChI is InChI=1S/C16H24N2O/c1-3-9-16(10-11-16)12-18-14(19)15(2,17)13-7-5-4-6-8-13/h4-8H,3,9-12,17H2,1-2H3,(H,18,19). The van der Waals surface area contributed by atoms with E-state index >= 15 is 0 Å². The largest absolute Gasteiger partial charge is 0.354 e. The maximum absolute atomic E-state index is 12.3. The third-order valence-electron chi connectivity index (χ3n) is 4.21. The van der Waals surface area contributed by atoms with Gasteiger partial charge in [0.2, 0.25) is 5.91 Å². The second-order valence-electron chi connectivity index (χ2n) is 6.00. The zero-order valence-electron chi connectivity index (χ0n) is 11.9. The summed E-state index contributed by atoms with van der Waals surface area (Å²) in [7, 11) is 0. The molecule has 3 N–H and O–H groups in total. The molecule has 1 aromatic rings. The first kappa shape index (κ1) is 14.1. The van der Waals surface area contributed by atoms with Crippen molar-refractivity contribution in [3.8, 4) is 0 Å². The monoisotopic (exact) mass is 260 g/mol. The van der Waals surface area contributed by atoms with Crippen LogP contribution in [0.25, 0.3) is 0 Å². The summed E-state index contributed by atoms with van der Waals surface area (Å²) in [6.07, 6.45) is 4.83. The van der Waals surface area contributed by atoms with E-state index in [9.17, 15) is 4.79 Å². The van der Waals surface area contributed by atoms with Crippen LogP contribution in [0.4, 0.5) is 0 Å². The van der Waals surface area contributed by atoms with Crippen molar-refractivity contribution in [3.63, 3.8) is 0 Å². The average Bonchev–Trinajstić information content (AvgIpc) is 3.17. The molecule has 2 rings (SSSR count). The maximum atomic E-state index is 12.3. The van der Waals surface area contributed by atoms with Crippen LogP contribution in [0.5, 0.6) is 0 Å². The van der Waals surface area contributed by atoms with Crippen LogP contribution in [0, 0.1) is 5.41 Å². The van der Waals surface area contributed by atoms with Crippen LogP contribution < -0.4 is 11.1 Å². The molecule has 0 aliphatic heterocycles. The Balaban J connectivity index is 1.96. The van der Waals surface area contributed by atoms with E-state index in [2.05, 4.69) is 12.2 Å². The van der Waals surface area contributed by atoms with E-state index in [1.165, 1.54) is 25.7 Å². The Kier molecular flexibility index (Phi) is 3.95. The van der Waals surface area contributed by atoms with Gasteiger partial charge < -0.3 is 11.1 Å². The predicted molar refractivity (Wildman–Crippen MR) is 77.6 cm³/mol. The van der Waals surface area contributed by atoms with Gasteiger partial charge in [-0.3, -0.25) is 4.79 Å². The number of rotatable bonds is 6. The fourth-order valence-corrected chi connectivity index (χ4v) is 2.59. The Hall–Kier alpha value is -1.35. The third-order valence-corrected chi connectivity index (χ3v) is 4.21. The van der Waals surface area contributed by atoms with Gasteiger partial charge in [0, 0.05) is 6.54 Å². The number of hydrogen-bond acceptors (Lipinski definition) is 2. The van der Waals surface area contributed by atoms with Gasteiger partial charge in [-0.1, -0.05) is 43.7 Å². The van der Waals surface area contributed by atoms with Crippen LogP contribution in [-0.4, -0.2) is 12.5 Å². The minimum atomic E-state index is -0.955. The van der Waals surface area contributed by atoms with Gasteiger partial charge in [0.15, 0.2) is 0 Å². The van der Waals surface area contributed by atoms with Crippen LogP contribution in [0.1, 0.15) is 45.1 Å². The number of carbonyl (C=O) groups excluding carboxylic acids is 1. The summed E-state index contributed by atoms with van der Waals surface area (Å²) < 4.78 is 0. The lowest BCUT2D eigenvalue weighted by Crippen LogP contribution is -2.50. The Morgan fingerprint density at radius 2 is 2.00 bits per heavy atom. The number of amides is 1. The van der Waals surface area contributed by atoms with E-state index in [0.717, 1.165) is 12.1 Å². The van der Waals surface area contributed by atoms with Gasteiger partial charge in [-0.05, 0) is 37.2 Å². The molecule has 0 radical (unpaired) electrons. The Bertz CT molecular complexity index is 435. The zero-order valence-corrected chi connectivity index (χ0v) is 11.9. The van der Waals surface area contributed by atoms with Crippen molar-refractivity contribution >= 4 is 5.91 Å². The van der Waals surface area contributed by atoms with E-state index in [1.807, 2.05) is 30.3 Å². The first-order valence-electron chi connectivity index (χ1n) is 7.13. The molecule has 0 spiro atoms. The molecule has 0 heterocycles. The average molecular weight is 260 g/mol. The number of nitrogens with one attached hydrogen (secondary N) is 1. The summed E-state index contributed by atoms with van der Waals surface area (Å²) in [5.74, 6) is -0.0823. The Labute approximate surface area is 115 Å². The topological polar surface area (TPSA) is 55.1 Å². The lowest BCUT2D eigenvalue weighted by Gasteiger charge is -2.25. The lowest BCUT2D eigenvalue weighted by molar-refractivity contribution is -0.126. The van der Waals surface area contributed by atoms with E-state index in [4.69, 9.17) is 5.73 Å². The van der Waals surface area contributed by atoms with E-state index in [0.29, 0.717) is 5.41 Å². The van der Waals surface area contributed by atoms with Gasteiger partial charge >= 0.3 is 0 Å². The number of hydrogen-bond donors (Lipinski definition) is 2. The zero-order chi connectivity index (χ0) is 13.9. The summed E-state index contributed by atoms with van der Waals surface area (Å²) in [6, 6.07) is 9.55. The van der Waals surface area contributed by atoms with Crippen LogP contribution >= 0.6 is 0 Å². The van der Waals surface area contributed by atoms with Crippen LogP contribution in [0.15, 0.2) is 30.3 Å². The molecule has 3 heteroatoms. The van der Waals surface area contributed by atoms with Crippen molar-refractivity contribution in [3.05, 3.63) is 35.9 Å². The quantitative estimate of drug-likeness (QED) is 0.826. The highest BCUT2D eigenvalue weighted by atomic mass is 16.2. The highest BCUT2D eigenvalue weighted by Crippen LogP contribution is 2.49. The number of carbonyl (C=O) groups is 1. The van der Waals surface area contributed by atoms with Crippen molar-refractivity contribution in [1.82, 2.24) is 5.32 Å². The molecule has 104 valence electrons. The predicted octanol–water partition coefficient (Wildman–Crippen LogP) is 2.56. The molecule has 1 unspecified atom stereocenters. The summed E-state index contributed by atoms with van der Waals surface area (Å²) in [5, 5.41) is 3.05. The first-order chi connectivity index (χ1) is 9.00. The van der Waals surface area contributed by atoms with Crippen LogP contribution in [0.3, 0.4) is 0 Å². The molecule has 0 saturated heterocycles. The van der Waals surface area contributed by atoms with Gasteiger partial charge in [0.05, 0.1) is 0 Å². The Morgan fingerprint density at radius 1 is 1.37 bits per heavy atom. The molecule has 1 saturated carbocycles. The summed E-state index contributed by atoms with van der Waals surface area (Å²) in [6.45, 7) is 4.73. The summed E-state index contributed by atoms with van der Waals surface area (Å²) in [5.41, 5.74) is 6.45. The Morgan fingerprint density at radius 3 is 2.53 bits per heavy atom. The van der Waals surface area contributed by atoms with Crippen molar-refractivity contribution in [1.29, 1.82) is 0 Å². The molecule has 1 aliphatic rings. The fourth-order valence-electron chi connectivity index (χ4n) is 2.59. The van der Waals surface area contributed by atoms with Crippen molar-refractivity contribution in [2.24, 2.45) is 11.1 Å². The van der Waals surface area contributed by atoms with Crippen LogP contribution in [-0.2, 0) is 10.3 Å². The minimum Gasteiger partial charge on any atom is -0.354 e. The van der Waals surface area contributed by atoms with Crippen LogP contribution in [0.2, 0.25) is 0 Å². The second kappa shape index (κ2) is 5.33. The lowest BCUT2D eigenvalue weighted by atomic mass is 9.91. The third kappa shape index (κ3) is 3.16. The van der Waals surface area contributed by atoms with Gasteiger partial charge in [0.1, 0.15) is 5.54 Å². The van der Waals surface area contributed by atoms with Gasteiger partial charge in [0.25, 0.3) is 0 Å². The minimum absolute atomic E-state index is 0.0823. The second-order valence-corrected chi connectivity index (χ2v) is 6.00. The highest BCUT2D eigenvalue weighted by Gasteiger charge is 2.42. The van der Waals surface area contributed by atoms with Gasteiger partial charge in [-0.25, -0.2) is 0 Å². The van der Waals surface area contributed by atoms with Gasteiger partial charge in [-0.2, -0.15) is 0 Å².